The molecule has 1 aromatic carbocycles. The van der Waals surface area contributed by atoms with Crippen LogP contribution in [0.25, 0.3) is 17.0 Å². The largest absolute Gasteiger partial charge is 0.472 e. The molecule has 1 aliphatic heterocycles. The SMILES string of the molecule is C=Cc1cc2ccccc2nc1O[C@H]1CN[C@H](C(=O)OC)C1. The van der Waals surface area contributed by atoms with E-state index in [1.807, 2.05) is 30.3 Å². The van der Waals surface area contributed by atoms with Gasteiger partial charge in [0.15, 0.2) is 0 Å². The van der Waals surface area contributed by atoms with Crippen molar-refractivity contribution in [2.75, 3.05) is 13.7 Å². The van der Waals surface area contributed by atoms with Gasteiger partial charge in [0.2, 0.25) is 5.88 Å². The van der Waals surface area contributed by atoms with E-state index in [0.717, 1.165) is 16.5 Å². The van der Waals surface area contributed by atoms with Crippen molar-refractivity contribution >= 4 is 22.9 Å². The molecule has 1 aliphatic rings. The van der Waals surface area contributed by atoms with Gasteiger partial charge in [-0.2, -0.15) is 0 Å². The number of aromatic nitrogens is 1. The van der Waals surface area contributed by atoms with Crippen LogP contribution in [0.4, 0.5) is 0 Å². The number of carbonyl (C=O) groups excluding carboxylic acids is 1. The average Bonchev–Trinajstić information content (AvgIpc) is 3.02. The number of nitrogens with one attached hydrogen (secondary N) is 1. The fourth-order valence-corrected chi connectivity index (χ4v) is 2.63. The molecule has 5 heteroatoms. The predicted molar refractivity (Wildman–Crippen MR) is 84.7 cm³/mol. The third-order valence-electron chi connectivity index (χ3n) is 3.79. The average molecular weight is 298 g/mol. The summed E-state index contributed by atoms with van der Waals surface area (Å²) in [4.78, 5) is 16.1. The molecule has 0 bridgehead atoms. The van der Waals surface area contributed by atoms with Crippen LogP contribution in [0.3, 0.4) is 0 Å². The van der Waals surface area contributed by atoms with E-state index in [-0.39, 0.29) is 18.1 Å². The second-order valence-corrected chi connectivity index (χ2v) is 5.24. The van der Waals surface area contributed by atoms with Gasteiger partial charge in [-0.1, -0.05) is 30.9 Å². The van der Waals surface area contributed by atoms with E-state index in [0.29, 0.717) is 18.8 Å². The molecule has 2 aromatic rings. The Balaban J connectivity index is 1.82. The fourth-order valence-electron chi connectivity index (χ4n) is 2.63. The van der Waals surface area contributed by atoms with Crippen LogP contribution in [0.15, 0.2) is 36.9 Å². The Morgan fingerprint density at radius 1 is 1.45 bits per heavy atom. The molecule has 0 amide bonds. The van der Waals surface area contributed by atoms with Crippen molar-refractivity contribution in [3.05, 3.63) is 42.5 Å². The highest BCUT2D eigenvalue weighted by Gasteiger charge is 2.31. The molecule has 3 rings (SSSR count). The first-order valence-electron chi connectivity index (χ1n) is 7.21. The molecule has 1 N–H and O–H groups in total. The first-order chi connectivity index (χ1) is 10.7. The van der Waals surface area contributed by atoms with Crippen molar-refractivity contribution in [1.82, 2.24) is 10.3 Å². The molecule has 0 aliphatic carbocycles. The first-order valence-corrected chi connectivity index (χ1v) is 7.21. The van der Waals surface area contributed by atoms with Crippen LogP contribution >= 0.6 is 0 Å². The maximum Gasteiger partial charge on any atom is 0.323 e. The van der Waals surface area contributed by atoms with Gasteiger partial charge in [-0.25, -0.2) is 4.98 Å². The van der Waals surface area contributed by atoms with Gasteiger partial charge < -0.3 is 14.8 Å². The number of para-hydroxylation sites is 1. The van der Waals surface area contributed by atoms with Crippen molar-refractivity contribution in [3.8, 4) is 5.88 Å². The Labute approximate surface area is 128 Å². The van der Waals surface area contributed by atoms with Crippen molar-refractivity contribution in [1.29, 1.82) is 0 Å². The molecule has 0 radical (unpaired) electrons. The summed E-state index contributed by atoms with van der Waals surface area (Å²) >= 11 is 0. The van der Waals surface area contributed by atoms with E-state index >= 15 is 0 Å². The topological polar surface area (TPSA) is 60.5 Å². The van der Waals surface area contributed by atoms with Crippen LogP contribution in [-0.2, 0) is 9.53 Å². The number of pyridine rings is 1. The second-order valence-electron chi connectivity index (χ2n) is 5.24. The number of methoxy groups -OCH3 is 1. The maximum atomic E-state index is 11.5. The van der Waals surface area contributed by atoms with Crippen LogP contribution in [0.1, 0.15) is 12.0 Å². The lowest BCUT2D eigenvalue weighted by atomic mass is 10.1. The Bertz CT molecular complexity index is 714. The zero-order valence-electron chi connectivity index (χ0n) is 12.4. The smallest absolute Gasteiger partial charge is 0.323 e. The summed E-state index contributed by atoms with van der Waals surface area (Å²) < 4.78 is 10.7. The Hall–Kier alpha value is -2.40. The molecule has 0 saturated carbocycles. The van der Waals surface area contributed by atoms with Gasteiger partial charge in [-0.15, -0.1) is 0 Å². The van der Waals surface area contributed by atoms with E-state index in [2.05, 4.69) is 16.9 Å². The lowest BCUT2D eigenvalue weighted by molar-refractivity contribution is -0.142. The summed E-state index contributed by atoms with van der Waals surface area (Å²) in [7, 11) is 1.39. The Morgan fingerprint density at radius 2 is 2.27 bits per heavy atom. The van der Waals surface area contributed by atoms with E-state index < -0.39 is 0 Å². The Kier molecular flexibility index (Phi) is 4.06. The molecular weight excluding hydrogens is 280 g/mol. The molecule has 1 fully saturated rings. The molecule has 0 unspecified atom stereocenters. The summed E-state index contributed by atoms with van der Waals surface area (Å²) in [5.41, 5.74) is 1.72. The van der Waals surface area contributed by atoms with Crippen LogP contribution in [0.2, 0.25) is 0 Å². The Morgan fingerprint density at radius 3 is 3.05 bits per heavy atom. The van der Waals surface area contributed by atoms with Crippen molar-refractivity contribution in [2.24, 2.45) is 0 Å². The second kappa shape index (κ2) is 6.15. The molecule has 2 atom stereocenters. The first kappa shape index (κ1) is 14.5. The summed E-state index contributed by atoms with van der Waals surface area (Å²) in [6.07, 6.45) is 2.18. The van der Waals surface area contributed by atoms with Gasteiger partial charge in [0.1, 0.15) is 12.1 Å². The zero-order chi connectivity index (χ0) is 15.5. The number of ether oxygens (including phenoxy) is 2. The third kappa shape index (κ3) is 2.80. The van der Waals surface area contributed by atoms with Gasteiger partial charge in [0.05, 0.1) is 12.6 Å². The van der Waals surface area contributed by atoms with E-state index in [1.165, 1.54) is 7.11 Å². The molecule has 114 valence electrons. The highest BCUT2D eigenvalue weighted by molar-refractivity contribution is 5.82. The van der Waals surface area contributed by atoms with Crippen LogP contribution in [-0.4, -0.2) is 36.8 Å². The lowest BCUT2D eigenvalue weighted by Crippen LogP contribution is -2.31. The number of fused-ring (bicyclic) bond motifs is 1. The molecular formula is C17H18N2O3. The summed E-state index contributed by atoms with van der Waals surface area (Å²) in [5, 5.41) is 4.14. The van der Waals surface area contributed by atoms with Gasteiger partial charge in [0.25, 0.3) is 0 Å². The van der Waals surface area contributed by atoms with Gasteiger partial charge in [0, 0.05) is 23.9 Å². The zero-order valence-corrected chi connectivity index (χ0v) is 12.4. The molecule has 2 heterocycles. The summed E-state index contributed by atoms with van der Waals surface area (Å²) in [6.45, 7) is 4.41. The minimum absolute atomic E-state index is 0.114. The molecule has 5 nitrogen and oxygen atoms in total. The van der Waals surface area contributed by atoms with Crippen molar-refractivity contribution < 1.29 is 14.3 Å². The molecule has 22 heavy (non-hydrogen) atoms. The van der Waals surface area contributed by atoms with Crippen molar-refractivity contribution in [2.45, 2.75) is 18.6 Å². The number of benzene rings is 1. The molecule has 1 aromatic heterocycles. The number of hydrogen-bond donors (Lipinski definition) is 1. The standard InChI is InChI=1S/C17H18N2O3/c1-3-11-8-12-6-4-5-7-14(12)19-16(11)22-13-9-15(18-10-13)17(20)21-2/h3-8,13,15,18H,1,9-10H2,2H3/t13-,15+/m1/s1. The van der Waals surface area contributed by atoms with Crippen LogP contribution < -0.4 is 10.1 Å². The van der Waals surface area contributed by atoms with Gasteiger partial charge in [-0.05, 0) is 12.1 Å². The summed E-state index contributed by atoms with van der Waals surface area (Å²) in [6, 6.07) is 9.55. The molecule has 0 spiro atoms. The number of nitrogens with zero attached hydrogens (tertiary/aromatic N) is 1. The number of hydrogen-bond acceptors (Lipinski definition) is 5. The van der Waals surface area contributed by atoms with Crippen LogP contribution in [0, 0.1) is 0 Å². The van der Waals surface area contributed by atoms with Gasteiger partial charge in [-0.3, -0.25) is 4.79 Å². The van der Waals surface area contributed by atoms with E-state index in [9.17, 15) is 4.79 Å². The fraction of sp³-hybridized carbons (Fsp3) is 0.294. The highest BCUT2D eigenvalue weighted by Crippen LogP contribution is 2.25. The van der Waals surface area contributed by atoms with E-state index in [4.69, 9.17) is 9.47 Å². The summed E-state index contributed by atoms with van der Waals surface area (Å²) in [5.74, 6) is 0.285. The normalized spacial score (nSPS) is 20.8. The van der Waals surface area contributed by atoms with Crippen LogP contribution in [0.5, 0.6) is 5.88 Å². The predicted octanol–water partition coefficient (Wildman–Crippen LogP) is 2.16. The third-order valence-corrected chi connectivity index (χ3v) is 3.79. The number of carbonyl (C=O) groups is 1. The van der Waals surface area contributed by atoms with Crippen molar-refractivity contribution in [3.63, 3.8) is 0 Å². The van der Waals surface area contributed by atoms with Gasteiger partial charge >= 0.3 is 5.97 Å². The lowest BCUT2D eigenvalue weighted by Gasteiger charge is -2.14. The quantitative estimate of drug-likeness (QED) is 0.877. The minimum Gasteiger partial charge on any atom is -0.472 e. The monoisotopic (exact) mass is 298 g/mol. The highest BCUT2D eigenvalue weighted by atomic mass is 16.5. The number of rotatable bonds is 4. The number of esters is 1. The van der Waals surface area contributed by atoms with E-state index in [1.54, 1.807) is 6.08 Å². The molecule has 1 saturated heterocycles. The minimum atomic E-state index is -0.317. The maximum absolute atomic E-state index is 11.5.